The van der Waals surface area contributed by atoms with Crippen molar-refractivity contribution >= 4 is 27.3 Å². The van der Waals surface area contributed by atoms with Crippen LogP contribution in [-0.4, -0.2) is 56.1 Å². The van der Waals surface area contributed by atoms with Gasteiger partial charge in [-0.2, -0.15) is 18.4 Å². The number of ether oxygens (including phenoxy) is 1. The molecule has 3 N–H and O–H groups in total. The molecular formula is C31H36F3N3O6S. The molecule has 0 aromatic heterocycles. The zero-order valence-corrected chi connectivity index (χ0v) is 25.1. The summed E-state index contributed by atoms with van der Waals surface area (Å²) >= 11 is 0. The predicted octanol–water partition coefficient (Wildman–Crippen LogP) is 4.56. The molecule has 0 spiro atoms. The highest BCUT2D eigenvalue weighted by Crippen LogP contribution is 2.38. The van der Waals surface area contributed by atoms with E-state index in [4.69, 9.17) is 10.00 Å². The Labute approximate surface area is 255 Å². The minimum atomic E-state index is -4.81. The summed E-state index contributed by atoms with van der Waals surface area (Å²) in [5.41, 5.74) is -3.38. The van der Waals surface area contributed by atoms with Crippen molar-refractivity contribution in [2.75, 3.05) is 30.5 Å². The van der Waals surface area contributed by atoms with Crippen LogP contribution >= 0.6 is 0 Å². The van der Waals surface area contributed by atoms with E-state index >= 15 is 0 Å². The fourth-order valence-corrected chi connectivity index (χ4v) is 5.58. The van der Waals surface area contributed by atoms with Gasteiger partial charge in [0.15, 0.2) is 16.4 Å². The number of sulfone groups is 1. The molecule has 2 aromatic rings. The maximum absolute atomic E-state index is 13.5. The number of nitrogens with one attached hydrogen (secondary N) is 2. The first-order valence-corrected chi connectivity index (χ1v) is 16.2. The topological polar surface area (TPSA) is 146 Å². The molecule has 0 aliphatic heterocycles. The van der Waals surface area contributed by atoms with E-state index in [-0.39, 0.29) is 31.0 Å². The summed E-state index contributed by atoms with van der Waals surface area (Å²) in [6.45, 7) is -0.0140. The zero-order chi connectivity index (χ0) is 32.4. The number of alkyl halides is 3. The van der Waals surface area contributed by atoms with E-state index < -0.39 is 50.5 Å². The van der Waals surface area contributed by atoms with Gasteiger partial charge in [0.05, 0.1) is 22.9 Å². The molecule has 0 bridgehead atoms. The van der Waals surface area contributed by atoms with Crippen LogP contribution in [0.25, 0.3) is 0 Å². The minimum absolute atomic E-state index is 0.0770. The molecule has 238 valence electrons. The number of rotatable bonds is 13. The third-order valence-corrected chi connectivity index (χ3v) is 8.12. The molecule has 1 atom stereocenters. The van der Waals surface area contributed by atoms with Gasteiger partial charge in [0, 0.05) is 24.9 Å². The maximum atomic E-state index is 13.5. The molecule has 1 aliphatic rings. The number of amides is 2. The van der Waals surface area contributed by atoms with Crippen LogP contribution in [0.2, 0.25) is 0 Å². The lowest BCUT2D eigenvalue weighted by Crippen LogP contribution is -2.51. The predicted molar refractivity (Wildman–Crippen MR) is 158 cm³/mol. The fraction of sp³-hybridized carbons (Fsp3) is 0.452. The molecule has 9 nitrogen and oxygen atoms in total. The highest BCUT2D eigenvalue weighted by molar-refractivity contribution is 7.90. The van der Waals surface area contributed by atoms with Gasteiger partial charge >= 0.3 is 6.18 Å². The second-order valence-electron chi connectivity index (χ2n) is 10.9. The van der Waals surface area contributed by atoms with E-state index in [9.17, 15) is 36.3 Å². The SMILES string of the molecule is CS(=O)(=O)C/C=C/CCNC(=O)COc1cccc(CC(O)(C(=O)Nc2ccc(C#N)c(C(F)(F)F)c2)C2CCCCC2)c1. The first-order chi connectivity index (χ1) is 20.7. The second kappa shape index (κ2) is 15.2. The highest BCUT2D eigenvalue weighted by Gasteiger charge is 2.44. The lowest BCUT2D eigenvalue weighted by Gasteiger charge is -2.37. The Morgan fingerprint density at radius 2 is 1.84 bits per heavy atom. The number of nitriles is 1. The van der Waals surface area contributed by atoms with Crippen LogP contribution in [0.1, 0.15) is 55.2 Å². The molecule has 0 heterocycles. The lowest BCUT2D eigenvalue weighted by molar-refractivity contribution is -0.142. The van der Waals surface area contributed by atoms with Crippen molar-refractivity contribution in [2.45, 2.75) is 56.7 Å². The quantitative estimate of drug-likeness (QED) is 0.216. The van der Waals surface area contributed by atoms with Crippen LogP contribution in [-0.2, 0) is 32.0 Å². The van der Waals surface area contributed by atoms with Crippen molar-refractivity contribution in [3.05, 3.63) is 71.3 Å². The van der Waals surface area contributed by atoms with E-state index in [0.29, 0.717) is 36.6 Å². The number of hydrogen-bond donors (Lipinski definition) is 3. The van der Waals surface area contributed by atoms with Gasteiger partial charge in [0.2, 0.25) is 0 Å². The first-order valence-electron chi connectivity index (χ1n) is 14.2. The summed E-state index contributed by atoms with van der Waals surface area (Å²) in [6.07, 6.45) is 3.45. The molecule has 1 unspecified atom stereocenters. The molecule has 1 aliphatic carbocycles. The fourth-order valence-electron chi connectivity index (χ4n) is 5.10. The smallest absolute Gasteiger partial charge is 0.417 e. The third-order valence-electron chi connectivity index (χ3n) is 7.32. The van der Waals surface area contributed by atoms with Crippen molar-refractivity contribution in [3.63, 3.8) is 0 Å². The van der Waals surface area contributed by atoms with E-state index in [0.717, 1.165) is 31.6 Å². The van der Waals surface area contributed by atoms with Crippen LogP contribution in [0.3, 0.4) is 0 Å². The Balaban J connectivity index is 1.69. The summed E-state index contributed by atoms with van der Waals surface area (Å²) in [7, 11) is -3.10. The normalized spacial score (nSPS) is 15.7. The van der Waals surface area contributed by atoms with Gasteiger partial charge < -0.3 is 20.5 Å². The minimum Gasteiger partial charge on any atom is -0.484 e. The van der Waals surface area contributed by atoms with E-state index in [1.807, 2.05) is 0 Å². The van der Waals surface area contributed by atoms with Crippen LogP contribution in [0, 0.1) is 17.2 Å². The summed E-state index contributed by atoms with van der Waals surface area (Å²) < 4.78 is 68.3. The molecular weight excluding hydrogens is 599 g/mol. The number of carbonyl (C=O) groups excluding carboxylic acids is 2. The summed E-state index contributed by atoms with van der Waals surface area (Å²) in [5, 5.41) is 26.0. The van der Waals surface area contributed by atoms with Crippen molar-refractivity contribution in [3.8, 4) is 11.8 Å². The Kier molecular flexibility index (Phi) is 12.0. The third kappa shape index (κ3) is 10.4. The number of benzene rings is 2. The zero-order valence-electron chi connectivity index (χ0n) is 24.3. The molecule has 2 aromatic carbocycles. The molecule has 0 radical (unpaired) electrons. The number of anilines is 1. The monoisotopic (exact) mass is 635 g/mol. The van der Waals surface area contributed by atoms with Crippen molar-refractivity contribution in [1.82, 2.24) is 5.32 Å². The Bertz CT molecular complexity index is 1500. The highest BCUT2D eigenvalue weighted by atomic mass is 32.2. The van der Waals surface area contributed by atoms with Gasteiger partial charge in [-0.1, -0.05) is 43.5 Å². The van der Waals surface area contributed by atoms with Crippen LogP contribution in [0.15, 0.2) is 54.6 Å². The summed E-state index contributed by atoms with van der Waals surface area (Å²) in [4.78, 5) is 25.7. The van der Waals surface area contributed by atoms with Gasteiger partial charge in [-0.05, 0) is 61.1 Å². The van der Waals surface area contributed by atoms with Gasteiger partial charge in [0.25, 0.3) is 11.8 Å². The van der Waals surface area contributed by atoms with Gasteiger partial charge in [0.1, 0.15) is 11.4 Å². The number of carbonyl (C=O) groups is 2. The van der Waals surface area contributed by atoms with Gasteiger partial charge in [-0.15, -0.1) is 0 Å². The number of halogens is 3. The average Bonchev–Trinajstić information content (AvgIpc) is 2.97. The van der Waals surface area contributed by atoms with E-state index in [1.165, 1.54) is 18.2 Å². The van der Waals surface area contributed by atoms with Crippen molar-refractivity contribution in [2.24, 2.45) is 5.92 Å². The molecule has 3 rings (SSSR count). The molecule has 44 heavy (non-hydrogen) atoms. The van der Waals surface area contributed by atoms with Crippen LogP contribution in [0.5, 0.6) is 5.75 Å². The largest absolute Gasteiger partial charge is 0.484 e. The Hall–Kier alpha value is -3.89. The van der Waals surface area contributed by atoms with Crippen molar-refractivity contribution < 1.29 is 41.0 Å². The standard InChI is InChI=1S/C31H36F3N3O6S/c1-44(41,42)16-7-3-6-15-36-28(38)21-43-26-12-8-9-22(17-26)19-30(40,24-10-4-2-5-11-24)29(39)37-25-14-13-23(20-35)27(18-25)31(32,33)34/h3,7-9,12-14,17-18,24,40H,2,4-6,10-11,15-16,19,21H2,1H3,(H,36,38)(H,37,39)/b7-3+. The van der Waals surface area contributed by atoms with E-state index in [1.54, 1.807) is 30.3 Å². The molecule has 1 fully saturated rings. The number of hydrogen-bond acceptors (Lipinski definition) is 7. The molecule has 2 amide bonds. The second-order valence-corrected chi connectivity index (χ2v) is 13.1. The molecule has 13 heteroatoms. The van der Waals surface area contributed by atoms with Crippen molar-refractivity contribution in [1.29, 1.82) is 5.26 Å². The Morgan fingerprint density at radius 3 is 2.50 bits per heavy atom. The summed E-state index contributed by atoms with van der Waals surface area (Å²) in [6, 6.07) is 10.9. The van der Waals surface area contributed by atoms with Crippen LogP contribution < -0.4 is 15.4 Å². The van der Waals surface area contributed by atoms with Gasteiger partial charge in [-0.3, -0.25) is 9.59 Å². The first kappa shape index (κ1) is 34.6. The Morgan fingerprint density at radius 1 is 1.11 bits per heavy atom. The number of nitrogens with zero attached hydrogens (tertiary/aromatic N) is 1. The molecule has 1 saturated carbocycles. The van der Waals surface area contributed by atoms with Gasteiger partial charge in [-0.25, -0.2) is 8.42 Å². The maximum Gasteiger partial charge on any atom is 0.417 e. The average molecular weight is 636 g/mol. The number of aliphatic hydroxyl groups is 1. The van der Waals surface area contributed by atoms with Crippen LogP contribution in [0.4, 0.5) is 18.9 Å². The summed E-state index contributed by atoms with van der Waals surface area (Å²) in [5.74, 6) is -1.45. The van der Waals surface area contributed by atoms with E-state index in [2.05, 4.69) is 10.6 Å². The molecule has 0 saturated heterocycles. The lowest BCUT2D eigenvalue weighted by atomic mass is 9.73.